The average Bonchev–Trinajstić information content (AvgIpc) is 3.68. The van der Waals surface area contributed by atoms with E-state index in [2.05, 4.69) is 174 Å². The summed E-state index contributed by atoms with van der Waals surface area (Å²) < 4.78 is 2.49. The van der Waals surface area contributed by atoms with Crippen molar-refractivity contribution in [2.75, 3.05) is 0 Å². The first-order valence-corrected chi connectivity index (χ1v) is 21.5. The maximum absolute atomic E-state index is 5.03. The first-order valence-electron chi connectivity index (χ1n) is 21.5. The molecule has 0 unspecified atom stereocenters. The van der Waals surface area contributed by atoms with E-state index in [1.54, 1.807) is 0 Å². The van der Waals surface area contributed by atoms with Gasteiger partial charge in [0, 0.05) is 38.6 Å². The van der Waals surface area contributed by atoms with Crippen molar-refractivity contribution in [2.24, 2.45) is 0 Å². The highest BCUT2D eigenvalue weighted by Gasteiger charge is 2.36. The lowest BCUT2D eigenvalue weighted by Gasteiger charge is -2.39. The summed E-state index contributed by atoms with van der Waals surface area (Å²) in [6.45, 7) is 0. The van der Waals surface area contributed by atoms with Gasteiger partial charge >= 0.3 is 0 Å². The summed E-state index contributed by atoms with van der Waals surface area (Å²) in [7, 11) is 0. The quantitative estimate of drug-likeness (QED) is 0.154. The van der Waals surface area contributed by atoms with Gasteiger partial charge in [0.2, 0.25) is 0 Å². The number of hydrogen-bond acceptors (Lipinski definition) is 3. The van der Waals surface area contributed by atoms with E-state index in [1.807, 2.05) is 36.4 Å². The van der Waals surface area contributed by atoms with Crippen LogP contribution in [0.3, 0.4) is 0 Å². The monoisotopic (exact) mass is 784 g/mol. The second-order valence-corrected chi connectivity index (χ2v) is 16.3. The molecule has 0 amide bonds. The number of rotatable bonds is 8. The van der Waals surface area contributed by atoms with Gasteiger partial charge in [-0.1, -0.05) is 201 Å². The predicted molar refractivity (Wildman–Crippen MR) is 252 cm³/mol. The third-order valence-corrected chi connectivity index (χ3v) is 12.8. The number of nitrogens with zero attached hydrogens (tertiary/aromatic N) is 4. The zero-order valence-corrected chi connectivity index (χ0v) is 34.0. The van der Waals surface area contributed by atoms with E-state index in [4.69, 9.17) is 15.0 Å². The lowest BCUT2D eigenvalue weighted by molar-refractivity contribution is 0.346. The Morgan fingerprint density at radius 1 is 0.328 bits per heavy atom. The molecular formula is C57H44N4. The Kier molecular flexibility index (Phi) is 9.39. The molecule has 292 valence electrons. The molecule has 11 rings (SSSR count). The summed E-state index contributed by atoms with van der Waals surface area (Å²) in [5, 5.41) is 2.53. The highest BCUT2D eigenvalue weighted by Crippen LogP contribution is 2.47. The van der Waals surface area contributed by atoms with Gasteiger partial charge in [-0.3, -0.25) is 0 Å². The summed E-state index contributed by atoms with van der Waals surface area (Å²) in [6.07, 6.45) is 5.85. The van der Waals surface area contributed by atoms with E-state index in [1.165, 1.54) is 74.4 Å². The lowest BCUT2D eigenvalue weighted by Crippen LogP contribution is -2.30. The largest absolute Gasteiger partial charge is 0.309 e. The maximum atomic E-state index is 5.03. The molecule has 2 aromatic heterocycles. The molecule has 1 aliphatic carbocycles. The van der Waals surface area contributed by atoms with Crippen LogP contribution >= 0.6 is 0 Å². The highest BCUT2D eigenvalue weighted by molar-refractivity contribution is 6.10. The molecule has 1 aliphatic rings. The van der Waals surface area contributed by atoms with E-state index in [0.717, 1.165) is 35.2 Å². The van der Waals surface area contributed by atoms with Gasteiger partial charge in [0.25, 0.3) is 0 Å². The molecule has 0 spiro atoms. The van der Waals surface area contributed by atoms with Gasteiger partial charge in [-0.2, -0.15) is 0 Å². The summed E-state index contributed by atoms with van der Waals surface area (Å²) in [5.74, 6) is 2.02. The van der Waals surface area contributed by atoms with E-state index in [-0.39, 0.29) is 5.41 Å². The van der Waals surface area contributed by atoms with E-state index >= 15 is 0 Å². The van der Waals surface area contributed by atoms with Crippen molar-refractivity contribution in [3.05, 3.63) is 217 Å². The first-order chi connectivity index (χ1) is 30.2. The Bertz CT molecular complexity index is 3060. The second kappa shape index (κ2) is 15.6. The molecule has 0 N–H and O–H groups in total. The van der Waals surface area contributed by atoms with Crippen LogP contribution in [0.15, 0.2) is 206 Å². The Balaban J connectivity index is 1.04. The Labute approximate surface area is 356 Å². The minimum absolute atomic E-state index is 0.123. The van der Waals surface area contributed by atoms with Gasteiger partial charge < -0.3 is 4.57 Å². The van der Waals surface area contributed by atoms with Crippen molar-refractivity contribution in [3.8, 4) is 62.1 Å². The molecule has 2 heterocycles. The van der Waals surface area contributed by atoms with Gasteiger partial charge in [0.1, 0.15) is 0 Å². The number of fused-ring (bicyclic) bond motifs is 3. The minimum Gasteiger partial charge on any atom is -0.309 e. The van der Waals surface area contributed by atoms with Crippen LogP contribution in [0.25, 0.3) is 83.9 Å². The molecule has 0 bridgehead atoms. The van der Waals surface area contributed by atoms with Gasteiger partial charge in [0.05, 0.1) is 11.0 Å². The standard InChI is InChI=1S/C57H44N4/c1-6-16-40(17-7-1)42-26-32-49(33-27-42)61-52-38-46(41-18-8-2-9-19-41)28-34-50(52)51-35-31-48(39-53(51)61)57(36-14-5-15-37-57)47-29-24-45(25-30-47)56-59-54(43-20-10-3-11-21-43)58-55(60-56)44-22-12-4-13-23-44/h1-4,6-13,16-35,38-39H,5,14-15,36-37H2. The van der Waals surface area contributed by atoms with Gasteiger partial charge in [-0.05, 0) is 70.5 Å². The summed E-state index contributed by atoms with van der Waals surface area (Å²) in [5.41, 5.74) is 14.0. The number of hydrogen-bond donors (Lipinski definition) is 0. The molecule has 1 saturated carbocycles. The predicted octanol–water partition coefficient (Wildman–Crippen LogP) is 14.6. The molecule has 1 fully saturated rings. The zero-order chi connectivity index (χ0) is 40.6. The molecule has 0 radical (unpaired) electrons. The Hall–Kier alpha value is -7.43. The van der Waals surface area contributed by atoms with Crippen molar-refractivity contribution < 1.29 is 0 Å². The third kappa shape index (κ3) is 6.80. The molecule has 10 aromatic rings. The van der Waals surface area contributed by atoms with Crippen molar-refractivity contribution in [1.29, 1.82) is 0 Å². The van der Waals surface area contributed by atoms with Crippen LogP contribution < -0.4 is 0 Å². The van der Waals surface area contributed by atoms with Gasteiger partial charge in [-0.15, -0.1) is 0 Å². The van der Waals surface area contributed by atoms with Crippen molar-refractivity contribution in [2.45, 2.75) is 37.5 Å². The smallest absolute Gasteiger partial charge is 0.164 e. The van der Waals surface area contributed by atoms with Crippen molar-refractivity contribution >= 4 is 21.8 Å². The average molecular weight is 785 g/mol. The van der Waals surface area contributed by atoms with Crippen LogP contribution in [0.2, 0.25) is 0 Å². The zero-order valence-electron chi connectivity index (χ0n) is 34.0. The fourth-order valence-electron chi connectivity index (χ4n) is 9.61. The van der Waals surface area contributed by atoms with Crippen LogP contribution in [0.1, 0.15) is 43.2 Å². The van der Waals surface area contributed by atoms with Crippen LogP contribution in [-0.2, 0) is 5.41 Å². The maximum Gasteiger partial charge on any atom is 0.164 e. The molecule has 4 heteroatoms. The molecule has 8 aromatic carbocycles. The van der Waals surface area contributed by atoms with E-state index in [9.17, 15) is 0 Å². The van der Waals surface area contributed by atoms with Crippen molar-refractivity contribution in [1.82, 2.24) is 19.5 Å². The topological polar surface area (TPSA) is 43.6 Å². The van der Waals surface area contributed by atoms with Gasteiger partial charge in [0.15, 0.2) is 17.5 Å². The lowest BCUT2D eigenvalue weighted by atomic mass is 9.65. The summed E-state index contributed by atoms with van der Waals surface area (Å²) in [4.78, 5) is 15.0. The normalized spacial score (nSPS) is 13.7. The minimum atomic E-state index is -0.123. The fourth-order valence-corrected chi connectivity index (χ4v) is 9.61. The van der Waals surface area contributed by atoms with Gasteiger partial charge in [-0.25, -0.2) is 15.0 Å². The van der Waals surface area contributed by atoms with Crippen LogP contribution in [-0.4, -0.2) is 19.5 Å². The van der Waals surface area contributed by atoms with Crippen LogP contribution in [0, 0.1) is 0 Å². The van der Waals surface area contributed by atoms with E-state index < -0.39 is 0 Å². The molecule has 0 aliphatic heterocycles. The molecule has 4 nitrogen and oxygen atoms in total. The first kappa shape index (κ1) is 36.6. The second-order valence-electron chi connectivity index (χ2n) is 16.3. The Morgan fingerprint density at radius 2 is 0.721 bits per heavy atom. The fraction of sp³-hybridized carbons (Fsp3) is 0.105. The van der Waals surface area contributed by atoms with Crippen molar-refractivity contribution in [3.63, 3.8) is 0 Å². The number of aromatic nitrogens is 4. The highest BCUT2D eigenvalue weighted by atomic mass is 15.0. The van der Waals surface area contributed by atoms with E-state index in [0.29, 0.717) is 17.5 Å². The van der Waals surface area contributed by atoms with Crippen LogP contribution in [0.5, 0.6) is 0 Å². The number of benzene rings is 8. The SMILES string of the molecule is c1ccc(-c2ccc(-n3c4cc(-c5ccccc5)ccc4c4ccc(C5(c6ccc(-c7nc(-c8ccccc8)nc(-c8ccccc8)n7)cc6)CCCCC5)cc43)cc2)cc1. The summed E-state index contributed by atoms with van der Waals surface area (Å²) >= 11 is 0. The molecule has 61 heavy (non-hydrogen) atoms. The van der Waals surface area contributed by atoms with Crippen LogP contribution in [0.4, 0.5) is 0 Å². The third-order valence-electron chi connectivity index (χ3n) is 12.8. The Morgan fingerprint density at radius 3 is 1.26 bits per heavy atom. The summed E-state index contributed by atoms with van der Waals surface area (Å²) in [6, 6.07) is 74.2. The molecule has 0 saturated heterocycles. The molecular weight excluding hydrogens is 741 g/mol. The molecule has 0 atom stereocenters.